The first-order valence-electron chi connectivity index (χ1n) is 9.89. The normalized spacial score (nSPS) is 16.5. The zero-order chi connectivity index (χ0) is 19.7. The maximum absolute atomic E-state index is 13.5. The Morgan fingerprint density at radius 2 is 2.04 bits per heavy atom. The van der Waals surface area contributed by atoms with E-state index in [-0.39, 0.29) is 35.2 Å². The smallest absolute Gasteiger partial charge is 0.191 e. The van der Waals surface area contributed by atoms with Crippen LogP contribution in [-0.2, 0) is 10.2 Å². The molecule has 0 radical (unpaired) electrons. The minimum absolute atomic E-state index is 0. The highest BCUT2D eigenvalue weighted by atomic mass is 127. The molecule has 160 valence electrons. The second-order valence-electron chi connectivity index (χ2n) is 7.93. The van der Waals surface area contributed by atoms with Crippen molar-refractivity contribution in [1.82, 2.24) is 15.5 Å². The van der Waals surface area contributed by atoms with Gasteiger partial charge in [-0.1, -0.05) is 26.0 Å². The second kappa shape index (κ2) is 12.6. The SMILES string of the molecule is CN=C(NCC(C)(C)c1cccc(F)c1)NC1CCN(CCCOC)CC1.I. The van der Waals surface area contributed by atoms with Gasteiger partial charge in [-0.2, -0.15) is 0 Å². The van der Waals surface area contributed by atoms with Crippen LogP contribution in [0.25, 0.3) is 0 Å². The fourth-order valence-corrected chi connectivity index (χ4v) is 3.44. The lowest BCUT2D eigenvalue weighted by Gasteiger charge is -2.33. The molecule has 0 bridgehead atoms. The molecule has 1 saturated heterocycles. The van der Waals surface area contributed by atoms with Crippen molar-refractivity contribution in [2.24, 2.45) is 4.99 Å². The van der Waals surface area contributed by atoms with Gasteiger partial charge < -0.3 is 20.3 Å². The van der Waals surface area contributed by atoms with E-state index in [4.69, 9.17) is 4.74 Å². The fraction of sp³-hybridized carbons (Fsp3) is 0.667. The monoisotopic (exact) mass is 506 g/mol. The Hall–Kier alpha value is -0.930. The van der Waals surface area contributed by atoms with Crippen molar-refractivity contribution in [3.05, 3.63) is 35.6 Å². The van der Waals surface area contributed by atoms with E-state index in [9.17, 15) is 4.39 Å². The van der Waals surface area contributed by atoms with Gasteiger partial charge in [-0.3, -0.25) is 4.99 Å². The van der Waals surface area contributed by atoms with Gasteiger partial charge >= 0.3 is 0 Å². The van der Waals surface area contributed by atoms with E-state index < -0.39 is 0 Å². The van der Waals surface area contributed by atoms with Crippen LogP contribution in [0.15, 0.2) is 29.3 Å². The molecule has 0 unspecified atom stereocenters. The van der Waals surface area contributed by atoms with Gasteiger partial charge in [0.15, 0.2) is 5.96 Å². The molecule has 1 aromatic rings. The third kappa shape index (κ3) is 8.21. The van der Waals surface area contributed by atoms with Crippen LogP contribution < -0.4 is 10.6 Å². The number of piperidine rings is 1. The first-order valence-corrected chi connectivity index (χ1v) is 9.89. The molecule has 0 amide bonds. The van der Waals surface area contributed by atoms with E-state index in [1.807, 2.05) is 6.07 Å². The molecule has 1 heterocycles. The van der Waals surface area contributed by atoms with Gasteiger partial charge in [0.25, 0.3) is 0 Å². The lowest BCUT2D eigenvalue weighted by molar-refractivity contribution is 0.155. The Morgan fingerprint density at radius 3 is 2.64 bits per heavy atom. The lowest BCUT2D eigenvalue weighted by Crippen LogP contribution is -2.50. The summed E-state index contributed by atoms with van der Waals surface area (Å²) in [6.45, 7) is 9.05. The van der Waals surface area contributed by atoms with Crippen molar-refractivity contribution in [3.63, 3.8) is 0 Å². The van der Waals surface area contributed by atoms with Crippen molar-refractivity contribution in [1.29, 1.82) is 0 Å². The molecule has 0 aromatic heterocycles. The maximum Gasteiger partial charge on any atom is 0.191 e. The Bertz CT molecular complexity index is 604. The summed E-state index contributed by atoms with van der Waals surface area (Å²) < 4.78 is 18.7. The summed E-state index contributed by atoms with van der Waals surface area (Å²) in [6.07, 6.45) is 3.31. The number of halogens is 2. The molecule has 0 spiro atoms. The average Bonchev–Trinajstić information content (AvgIpc) is 2.66. The van der Waals surface area contributed by atoms with Crippen LogP contribution in [0.5, 0.6) is 0 Å². The highest BCUT2D eigenvalue weighted by molar-refractivity contribution is 14.0. The first-order chi connectivity index (χ1) is 12.9. The summed E-state index contributed by atoms with van der Waals surface area (Å²) in [5.74, 6) is 0.623. The molecular formula is C21H36FIN4O. The summed E-state index contributed by atoms with van der Waals surface area (Å²) in [4.78, 5) is 6.87. The Labute approximate surface area is 186 Å². The van der Waals surface area contributed by atoms with Gasteiger partial charge in [0.2, 0.25) is 0 Å². The van der Waals surface area contributed by atoms with Gasteiger partial charge in [0, 0.05) is 58.4 Å². The molecule has 2 N–H and O–H groups in total. The molecule has 28 heavy (non-hydrogen) atoms. The van der Waals surface area contributed by atoms with Crippen LogP contribution in [0.4, 0.5) is 4.39 Å². The third-order valence-electron chi connectivity index (χ3n) is 5.28. The summed E-state index contributed by atoms with van der Waals surface area (Å²) >= 11 is 0. The predicted molar refractivity (Wildman–Crippen MR) is 125 cm³/mol. The Kier molecular flexibility index (Phi) is 11.3. The number of guanidine groups is 1. The standard InChI is InChI=1S/C21H35FN4O.HI/c1-21(2,17-7-5-8-18(22)15-17)16-24-20(23-3)25-19-9-12-26(13-10-19)11-6-14-27-4;/h5,7-8,15,19H,6,9-14,16H2,1-4H3,(H2,23,24,25);1H. The molecule has 0 atom stereocenters. The zero-order valence-corrected chi connectivity index (χ0v) is 20.0. The highest BCUT2D eigenvalue weighted by Crippen LogP contribution is 2.22. The van der Waals surface area contributed by atoms with Gasteiger partial charge in [0.1, 0.15) is 5.82 Å². The van der Waals surface area contributed by atoms with Gasteiger partial charge in [-0.15, -0.1) is 24.0 Å². The number of likely N-dealkylation sites (tertiary alicyclic amines) is 1. The third-order valence-corrected chi connectivity index (χ3v) is 5.28. The summed E-state index contributed by atoms with van der Waals surface area (Å²) in [6, 6.07) is 7.26. The van der Waals surface area contributed by atoms with E-state index in [2.05, 4.69) is 34.4 Å². The van der Waals surface area contributed by atoms with E-state index >= 15 is 0 Å². The van der Waals surface area contributed by atoms with Gasteiger partial charge in [0.05, 0.1) is 0 Å². The van der Waals surface area contributed by atoms with Crippen LogP contribution in [0, 0.1) is 5.82 Å². The molecule has 1 aromatic carbocycles. The number of benzene rings is 1. The van der Waals surface area contributed by atoms with Crippen molar-refractivity contribution in [2.75, 3.05) is 46.9 Å². The van der Waals surface area contributed by atoms with Gasteiger partial charge in [-0.25, -0.2) is 4.39 Å². The molecule has 1 fully saturated rings. The zero-order valence-electron chi connectivity index (χ0n) is 17.6. The van der Waals surface area contributed by atoms with Crippen LogP contribution in [-0.4, -0.2) is 63.8 Å². The second-order valence-corrected chi connectivity index (χ2v) is 7.93. The Morgan fingerprint density at radius 1 is 1.32 bits per heavy atom. The number of hydrogen-bond donors (Lipinski definition) is 2. The predicted octanol–water partition coefficient (Wildman–Crippen LogP) is 3.39. The van der Waals surface area contributed by atoms with Crippen LogP contribution in [0.2, 0.25) is 0 Å². The number of nitrogens with one attached hydrogen (secondary N) is 2. The number of nitrogens with zero attached hydrogens (tertiary/aromatic N) is 2. The summed E-state index contributed by atoms with van der Waals surface area (Å²) in [7, 11) is 3.55. The highest BCUT2D eigenvalue weighted by Gasteiger charge is 2.23. The van der Waals surface area contributed by atoms with Crippen LogP contribution >= 0.6 is 24.0 Å². The molecule has 0 saturated carbocycles. The maximum atomic E-state index is 13.5. The van der Waals surface area contributed by atoms with Crippen molar-refractivity contribution in [3.8, 4) is 0 Å². The molecular weight excluding hydrogens is 470 g/mol. The van der Waals surface area contributed by atoms with E-state index in [0.717, 1.165) is 57.0 Å². The molecule has 1 aliphatic rings. The molecule has 1 aliphatic heterocycles. The molecule has 2 rings (SSSR count). The number of ether oxygens (including phenoxy) is 1. The fourth-order valence-electron chi connectivity index (χ4n) is 3.44. The quantitative estimate of drug-likeness (QED) is 0.246. The number of rotatable bonds is 8. The Balaban J connectivity index is 0.00000392. The van der Waals surface area contributed by atoms with Crippen molar-refractivity contribution < 1.29 is 9.13 Å². The number of hydrogen-bond acceptors (Lipinski definition) is 3. The molecule has 0 aliphatic carbocycles. The summed E-state index contributed by atoms with van der Waals surface area (Å²) in [5.41, 5.74) is 0.791. The van der Waals surface area contributed by atoms with Crippen molar-refractivity contribution in [2.45, 2.75) is 44.6 Å². The first kappa shape index (κ1) is 25.1. The average molecular weight is 506 g/mol. The number of aliphatic imine (C=N–C) groups is 1. The van der Waals surface area contributed by atoms with E-state index in [0.29, 0.717) is 12.6 Å². The van der Waals surface area contributed by atoms with Gasteiger partial charge in [-0.05, 0) is 37.0 Å². The van der Waals surface area contributed by atoms with Crippen LogP contribution in [0.3, 0.4) is 0 Å². The number of methoxy groups -OCH3 is 1. The minimum atomic E-state index is -0.194. The van der Waals surface area contributed by atoms with Crippen molar-refractivity contribution >= 4 is 29.9 Å². The van der Waals surface area contributed by atoms with E-state index in [1.165, 1.54) is 6.07 Å². The largest absolute Gasteiger partial charge is 0.385 e. The molecule has 7 heteroatoms. The van der Waals surface area contributed by atoms with E-state index in [1.54, 1.807) is 26.3 Å². The molecule has 5 nitrogen and oxygen atoms in total. The minimum Gasteiger partial charge on any atom is -0.385 e. The lowest BCUT2D eigenvalue weighted by atomic mass is 9.84. The van der Waals surface area contributed by atoms with Crippen LogP contribution in [0.1, 0.15) is 38.7 Å². The topological polar surface area (TPSA) is 48.9 Å². The summed E-state index contributed by atoms with van der Waals surface area (Å²) in [5, 5.41) is 6.96.